The summed E-state index contributed by atoms with van der Waals surface area (Å²) in [6.07, 6.45) is 4.27. The third-order valence-electron chi connectivity index (χ3n) is 4.69. The van der Waals surface area contributed by atoms with Gasteiger partial charge in [0.1, 0.15) is 0 Å². The monoisotopic (exact) mass is 423 g/mol. The van der Waals surface area contributed by atoms with Crippen LogP contribution in [0.2, 0.25) is 0 Å². The quantitative estimate of drug-likeness (QED) is 0.388. The minimum Gasteiger partial charge on any atom is -0.374 e. The van der Waals surface area contributed by atoms with Crippen molar-refractivity contribution < 1.29 is 4.74 Å². The van der Waals surface area contributed by atoms with Gasteiger partial charge in [-0.1, -0.05) is 0 Å². The highest BCUT2D eigenvalue weighted by Gasteiger charge is 2.34. The van der Waals surface area contributed by atoms with E-state index in [2.05, 4.69) is 32.5 Å². The molecule has 128 valence electrons. The zero-order chi connectivity index (χ0) is 14.7. The fourth-order valence-electron chi connectivity index (χ4n) is 3.27. The van der Waals surface area contributed by atoms with Crippen LogP contribution >= 0.6 is 24.0 Å². The number of nitrogens with one attached hydrogen (secondary N) is 2. The number of nitrogens with zero attached hydrogens (tertiary/aromatic N) is 3. The standard InChI is InChI=1S/C15H29N5O.HI/c1-16-15(17-9-14-11-19(2)7-8-21-14)18-12-5-6-20(10-12)13-3-4-13;/h12-14H,3-11H2,1-2H3,(H2,16,17,18);1H. The minimum atomic E-state index is 0. The van der Waals surface area contributed by atoms with E-state index in [-0.39, 0.29) is 30.1 Å². The van der Waals surface area contributed by atoms with Gasteiger partial charge in [-0.25, -0.2) is 0 Å². The molecular weight excluding hydrogens is 393 g/mol. The molecule has 2 aliphatic heterocycles. The number of likely N-dealkylation sites (tertiary alicyclic amines) is 1. The Balaban J connectivity index is 0.00000176. The van der Waals surface area contributed by atoms with Gasteiger partial charge in [-0.15, -0.1) is 24.0 Å². The summed E-state index contributed by atoms with van der Waals surface area (Å²) in [6.45, 7) is 6.06. The normalized spacial score (nSPS) is 30.9. The highest BCUT2D eigenvalue weighted by Crippen LogP contribution is 2.29. The van der Waals surface area contributed by atoms with E-state index in [0.717, 1.165) is 44.8 Å². The van der Waals surface area contributed by atoms with Crippen LogP contribution in [0.25, 0.3) is 0 Å². The molecule has 0 spiro atoms. The van der Waals surface area contributed by atoms with E-state index in [1.807, 2.05) is 7.05 Å². The first-order valence-corrected chi connectivity index (χ1v) is 8.26. The Hall–Kier alpha value is -0.120. The average Bonchev–Trinajstić information content (AvgIpc) is 3.23. The van der Waals surface area contributed by atoms with Gasteiger partial charge in [0.05, 0.1) is 12.7 Å². The van der Waals surface area contributed by atoms with Crippen LogP contribution < -0.4 is 10.6 Å². The molecule has 7 heteroatoms. The zero-order valence-corrected chi connectivity index (χ0v) is 16.1. The van der Waals surface area contributed by atoms with E-state index in [4.69, 9.17) is 4.74 Å². The van der Waals surface area contributed by atoms with Crippen molar-refractivity contribution in [2.24, 2.45) is 4.99 Å². The van der Waals surface area contributed by atoms with Gasteiger partial charge < -0.3 is 20.3 Å². The van der Waals surface area contributed by atoms with E-state index >= 15 is 0 Å². The Kier molecular flexibility index (Phi) is 7.17. The number of guanidine groups is 1. The van der Waals surface area contributed by atoms with E-state index < -0.39 is 0 Å². The van der Waals surface area contributed by atoms with Gasteiger partial charge >= 0.3 is 0 Å². The van der Waals surface area contributed by atoms with E-state index in [9.17, 15) is 0 Å². The Morgan fingerprint density at radius 1 is 1.23 bits per heavy atom. The van der Waals surface area contributed by atoms with Crippen LogP contribution in [0.5, 0.6) is 0 Å². The molecule has 3 rings (SSSR count). The third-order valence-corrected chi connectivity index (χ3v) is 4.69. The molecule has 3 fully saturated rings. The van der Waals surface area contributed by atoms with Crippen LogP contribution in [0.15, 0.2) is 4.99 Å². The lowest BCUT2D eigenvalue weighted by Gasteiger charge is -2.30. The van der Waals surface area contributed by atoms with Crippen LogP contribution in [0, 0.1) is 0 Å². The summed E-state index contributed by atoms with van der Waals surface area (Å²) >= 11 is 0. The molecule has 0 bridgehead atoms. The summed E-state index contributed by atoms with van der Waals surface area (Å²) in [4.78, 5) is 9.28. The van der Waals surface area contributed by atoms with Crippen LogP contribution in [-0.4, -0.2) is 87.4 Å². The van der Waals surface area contributed by atoms with Crippen molar-refractivity contribution in [3.8, 4) is 0 Å². The first-order valence-electron chi connectivity index (χ1n) is 8.26. The molecule has 1 saturated carbocycles. The molecule has 2 unspecified atom stereocenters. The maximum Gasteiger partial charge on any atom is 0.191 e. The largest absolute Gasteiger partial charge is 0.374 e. The fraction of sp³-hybridized carbons (Fsp3) is 0.933. The molecule has 6 nitrogen and oxygen atoms in total. The van der Waals surface area contributed by atoms with Gasteiger partial charge in [0, 0.05) is 51.9 Å². The highest BCUT2D eigenvalue weighted by atomic mass is 127. The van der Waals surface area contributed by atoms with Crippen molar-refractivity contribution in [1.29, 1.82) is 0 Å². The topological polar surface area (TPSA) is 52.1 Å². The van der Waals surface area contributed by atoms with Gasteiger partial charge in [0.15, 0.2) is 5.96 Å². The zero-order valence-electron chi connectivity index (χ0n) is 13.8. The summed E-state index contributed by atoms with van der Waals surface area (Å²) in [5.74, 6) is 0.912. The molecule has 2 atom stereocenters. The number of hydrogen-bond acceptors (Lipinski definition) is 4. The molecule has 0 amide bonds. The smallest absolute Gasteiger partial charge is 0.191 e. The molecule has 2 heterocycles. The van der Waals surface area contributed by atoms with Crippen LogP contribution in [0.1, 0.15) is 19.3 Å². The lowest BCUT2D eigenvalue weighted by Crippen LogP contribution is -2.50. The Morgan fingerprint density at radius 2 is 2.05 bits per heavy atom. The van der Waals surface area contributed by atoms with E-state index in [0.29, 0.717) is 6.04 Å². The molecule has 2 saturated heterocycles. The van der Waals surface area contributed by atoms with Crippen molar-refractivity contribution in [2.75, 3.05) is 53.4 Å². The van der Waals surface area contributed by atoms with Crippen molar-refractivity contribution in [3.63, 3.8) is 0 Å². The van der Waals surface area contributed by atoms with E-state index in [1.54, 1.807) is 0 Å². The Morgan fingerprint density at radius 3 is 2.73 bits per heavy atom. The molecule has 22 heavy (non-hydrogen) atoms. The van der Waals surface area contributed by atoms with Gasteiger partial charge in [0.2, 0.25) is 0 Å². The summed E-state index contributed by atoms with van der Waals surface area (Å²) < 4.78 is 5.77. The molecule has 2 N–H and O–H groups in total. The summed E-state index contributed by atoms with van der Waals surface area (Å²) in [7, 11) is 3.99. The Bertz CT molecular complexity index is 377. The van der Waals surface area contributed by atoms with Crippen molar-refractivity contribution in [3.05, 3.63) is 0 Å². The van der Waals surface area contributed by atoms with Gasteiger partial charge in [-0.05, 0) is 26.3 Å². The van der Waals surface area contributed by atoms with Gasteiger partial charge in [0.25, 0.3) is 0 Å². The number of likely N-dealkylation sites (N-methyl/N-ethyl adjacent to an activating group) is 1. The first-order chi connectivity index (χ1) is 10.2. The molecule has 0 aromatic heterocycles. The lowest BCUT2D eigenvalue weighted by molar-refractivity contribution is -0.0161. The number of hydrogen-bond donors (Lipinski definition) is 2. The Labute approximate surface area is 151 Å². The average molecular weight is 423 g/mol. The second-order valence-corrected chi connectivity index (χ2v) is 6.56. The predicted molar refractivity (Wildman–Crippen MR) is 100 cm³/mol. The maximum atomic E-state index is 5.77. The lowest BCUT2D eigenvalue weighted by atomic mass is 10.2. The number of ether oxygens (including phenoxy) is 1. The van der Waals surface area contributed by atoms with E-state index in [1.165, 1.54) is 25.8 Å². The molecule has 0 aromatic rings. The van der Waals surface area contributed by atoms with Crippen LogP contribution in [0.3, 0.4) is 0 Å². The predicted octanol–water partition coefficient (Wildman–Crippen LogP) is 0.337. The van der Waals surface area contributed by atoms with Crippen LogP contribution in [0.4, 0.5) is 0 Å². The minimum absolute atomic E-state index is 0. The van der Waals surface area contributed by atoms with Gasteiger partial charge in [-0.3, -0.25) is 9.89 Å². The number of halogens is 1. The fourth-order valence-corrected chi connectivity index (χ4v) is 3.27. The molecule has 0 radical (unpaired) electrons. The summed E-state index contributed by atoms with van der Waals surface area (Å²) in [5, 5.41) is 6.97. The second kappa shape index (κ2) is 8.65. The molecule has 0 aromatic carbocycles. The van der Waals surface area contributed by atoms with Crippen molar-refractivity contribution >= 4 is 29.9 Å². The molecule has 1 aliphatic carbocycles. The van der Waals surface area contributed by atoms with Gasteiger partial charge in [-0.2, -0.15) is 0 Å². The maximum absolute atomic E-state index is 5.77. The molecular formula is C15H30IN5O. The number of aliphatic imine (C=N–C) groups is 1. The van der Waals surface area contributed by atoms with Crippen LogP contribution in [-0.2, 0) is 4.74 Å². The van der Waals surface area contributed by atoms with Crippen molar-refractivity contribution in [1.82, 2.24) is 20.4 Å². The van der Waals surface area contributed by atoms with Crippen molar-refractivity contribution in [2.45, 2.75) is 37.5 Å². The number of morpholine rings is 1. The first kappa shape index (κ1) is 18.2. The second-order valence-electron chi connectivity index (χ2n) is 6.56. The molecule has 3 aliphatic rings. The third kappa shape index (κ3) is 5.21. The number of rotatable bonds is 4. The summed E-state index contributed by atoms with van der Waals surface area (Å²) in [5.41, 5.74) is 0. The highest BCUT2D eigenvalue weighted by molar-refractivity contribution is 14.0. The summed E-state index contributed by atoms with van der Waals surface area (Å²) in [6, 6.07) is 1.41. The SMILES string of the molecule is CN=C(NCC1CN(C)CCO1)NC1CCN(C2CC2)C1.I.